The van der Waals surface area contributed by atoms with Gasteiger partial charge in [-0.05, 0) is 30.3 Å². The fraction of sp³-hybridized carbons (Fsp3) is 0.391. The number of alkyl halides is 2. The van der Waals surface area contributed by atoms with Gasteiger partial charge in [0.25, 0.3) is 5.91 Å². The lowest BCUT2D eigenvalue weighted by Crippen LogP contribution is -2.37. The van der Waals surface area contributed by atoms with Gasteiger partial charge in [0.2, 0.25) is 0 Å². The number of hydrogen-bond donors (Lipinski definition) is 1. The van der Waals surface area contributed by atoms with Crippen LogP contribution in [-0.4, -0.2) is 77.9 Å². The van der Waals surface area contributed by atoms with Gasteiger partial charge in [0.05, 0.1) is 37.1 Å². The molecule has 2 atom stereocenters. The molecular formula is C23H22F3N5O4S. The van der Waals surface area contributed by atoms with Crippen LogP contribution in [0, 0.1) is 5.82 Å². The standard InChI is InChI=1S/C23H22F3N5O4S/c24-16-11-15(30-13-23(35-22(30)33)12-18(23)28-20(32)19(25)26)1-2-17(16)29-7-8-31(34-10-9-29)21(36)14-3-5-27-6-4-14/h1-6,11,18-19H,7-10,12-13H2,(H,28,32). The molecule has 190 valence electrons. The van der Waals surface area contributed by atoms with Gasteiger partial charge in [0.15, 0.2) is 5.60 Å². The third kappa shape index (κ3) is 4.67. The molecule has 2 amide bonds. The van der Waals surface area contributed by atoms with Crippen LogP contribution in [0.5, 0.6) is 0 Å². The van der Waals surface area contributed by atoms with Crippen LogP contribution in [0.15, 0.2) is 42.7 Å². The number of pyridine rings is 1. The minimum absolute atomic E-state index is 0.0256. The van der Waals surface area contributed by atoms with Gasteiger partial charge in [-0.2, -0.15) is 8.78 Å². The molecule has 1 aromatic carbocycles. The molecule has 1 N–H and O–H groups in total. The summed E-state index contributed by atoms with van der Waals surface area (Å²) in [4.78, 5) is 37.0. The van der Waals surface area contributed by atoms with E-state index in [1.54, 1.807) is 41.7 Å². The van der Waals surface area contributed by atoms with E-state index < -0.39 is 35.9 Å². The van der Waals surface area contributed by atoms with Gasteiger partial charge < -0.3 is 15.0 Å². The number of nitrogens with zero attached hydrogens (tertiary/aromatic N) is 4. The molecule has 2 aromatic rings. The number of carbonyl (C=O) groups is 2. The van der Waals surface area contributed by atoms with E-state index in [0.29, 0.717) is 36.9 Å². The molecule has 0 bridgehead atoms. The molecule has 3 aliphatic rings. The Morgan fingerprint density at radius 2 is 1.97 bits per heavy atom. The number of hydrogen-bond acceptors (Lipinski definition) is 7. The number of thiocarbonyl (C=S) groups is 1. The number of rotatable bonds is 5. The third-order valence-corrected chi connectivity index (χ3v) is 6.83. The topological polar surface area (TPSA) is 87.2 Å². The molecule has 9 nitrogen and oxygen atoms in total. The Bertz CT molecular complexity index is 1190. The number of amides is 2. The maximum absolute atomic E-state index is 15.2. The number of nitrogens with one attached hydrogen (secondary N) is 1. The van der Waals surface area contributed by atoms with Crippen molar-refractivity contribution >= 4 is 40.6 Å². The summed E-state index contributed by atoms with van der Waals surface area (Å²) in [5.74, 6) is -1.95. The van der Waals surface area contributed by atoms with Gasteiger partial charge in [-0.1, -0.05) is 12.2 Å². The fourth-order valence-corrected chi connectivity index (χ4v) is 4.67. The van der Waals surface area contributed by atoms with Gasteiger partial charge in [-0.3, -0.25) is 19.5 Å². The molecule has 0 radical (unpaired) electrons. The van der Waals surface area contributed by atoms with Crippen molar-refractivity contribution in [3.05, 3.63) is 54.1 Å². The molecule has 3 fully saturated rings. The quantitative estimate of drug-likeness (QED) is 0.601. The number of ether oxygens (including phenoxy) is 1. The largest absolute Gasteiger partial charge is 0.438 e. The lowest BCUT2D eigenvalue weighted by Gasteiger charge is -2.24. The Kier molecular flexibility index (Phi) is 6.43. The van der Waals surface area contributed by atoms with Crippen molar-refractivity contribution in [1.82, 2.24) is 15.4 Å². The summed E-state index contributed by atoms with van der Waals surface area (Å²) in [6.07, 6.45) is -0.369. The summed E-state index contributed by atoms with van der Waals surface area (Å²) in [5, 5.41) is 3.77. The molecule has 2 aliphatic heterocycles. The van der Waals surface area contributed by atoms with Crippen LogP contribution in [0.4, 0.5) is 29.3 Å². The van der Waals surface area contributed by atoms with Crippen molar-refractivity contribution in [3.8, 4) is 0 Å². The third-order valence-electron chi connectivity index (χ3n) is 6.39. The van der Waals surface area contributed by atoms with Crippen molar-refractivity contribution in [2.45, 2.75) is 24.5 Å². The van der Waals surface area contributed by atoms with Crippen LogP contribution in [0.25, 0.3) is 0 Å². The van der Waals surface area contributed by atoms with Gasteiger partial charge in [-0.25, -0.2) is 14.2 Å². The summed E-state index contributed by atoms with van der Waals surface area (Å²) < 4.78 is 45.5. The van der Waals surface area contributed by atoms with Crippen LogP contribution in [0.2, 0.25) is 0 Å². The zero-order valence-electron chi connectivity index (χ0n) is 18.9. The Morgan fingerprint density at radius 3 is 2.69 bits per heavy atom. The lowest BCUT2D eigenvalue weighted by atomic mass is 10.2. The average Bonchev–Trinajstić information content (AvgIpc) is 3.49. The number of aromatic nitrogens is 1. The number of halogens is 3. The van der Waals surface area contributed by atoms with Crippen molar-refractivity contribution in [2.75, 3.05) is 42.6 Å². The van der Waals surface area contributed by atoms with Crippen LogP contribution in [-0.2, 0) is 14.4 Å². The SMILES string of the molecule is O=C(NC1CC12CN(c1ccc(N3CCON(C(=S)c4ccncc4)CC3)c(F)c1)C(=O)O2)C(F)F. The minimum Gasteiger partial charge on any atom is -0.438 e. The molecule has 1 saturated carbocycles. The zero-order valence-corrected chi connectivity index (χ0v) is 19.7. The summed E-state index contributed by atoms with van der Waals surface area (Å²) in [6.45, 7) is 1.60. The molecule has 2 saturated heterocycles. The maximum Gasteiger partial charge on any atom is 0.415 e. The normalized spacial score (nSPS) is 23.6. The summed E-state index contributed by atoms with van der Waals surface area (Å²) in [7, 11) is 0. The Balaban J connectivity index is 1.23. The average molecular weight is 522 g/mol. The molecule has 2 unspecified atom stereocenters. The zero-order chi connectivity index (χ0) is 25.4. The van der Waals surface area contributed by atoms with E-state index in [1.165, 1.54) is 11.0 Å². The first-order chi connectivity index (χ1) is 17.3. The Labute approximate surface area is 209 Å². The second-order valence-corrected chi connectivity index (χ2v) is 9.07. The van der Waals surface area contributed by atoms with Gasteiger partial charge in [0, 0.05) is 37.5 Å². The van der Waals surface area contributed by atoms with Gasteiger partial charge in [-0.15, -0.1) is 0 Å². The van der Waals surface area contributed by atoms with E-state index in [9.17, 15) is 18.4 Å². The summed E-state index contributed by atoms with van der Waals surface area (Å²) in [5.41, 5.74) is 0.339. The molecule has 5 rings (SSSR count). The predicted octanol–water partition coefficient (Wildman–Crippen LogP) is 2.50. The highest BCUT2D eigenvalue weighted by molar-refractivity contribution is 7.80. The molecule has 3 heterocycles. The monoisotopic (exact) mass is 521 g/mol. The van der Waals surface area contributed by atoms with Crippen molar-refractivity contribution in [2.24, 2.45) is 0 Å². The number of benzene rings is 1. The van der Waals surface area contributed by atoms with Crippen molar-refractivity contribution in [3.63, 3.8) is 0 Å². The van der Waals surface area contributed by atoms with Crippen molar-refractivity contribution < 1.29 is 32.3 Å². The van der Waals surface area contributed by atoms with E-state index in [0.717, 1.165) is 5.56 Å². The van der Waals surface area contributed by atoms with Gasteiger partial charge >= 0.3 is 12.5 Å². The van der Waals surface area contributed by atoms with Crippen LogP contribution in [0.1, 0.15) is 12.0 Å². The van der Waals surface area contributed by atoms with E-state index in [-0.39, 0.29) is 18.7 Å². The molecule has 1 spiro atoms. The number of carbonyl (C=O) groups excluding carboxylic acids is 2. The smallest absolute Gasteiger partial charge is 0.415 e. The van der Waals surface area contributed by atoms with E-state index in [2.05, 4.69) is 10.3 Å². The van der Waals surface area contributed by atoms with Crippen LogP contribution >= 0.6 is 12.2 Å². The number of anilines is 2. The summed E-state index contributed by atoms with van der Waals surface area (Å²) >= 11 is 5.51. The molecule has 13 heteroatoms. The Hall–Kier alpha value is -3.45. The van der Waals surface area contributed by atoms with Gasteiger partial charge in [0.1, 0.15) is 10.8 Å². The molecule has 1 aliphatic carbocycles. The second kappa shape index (κ2) is 9.54. The first-order valence-corrected chi connectivity index (χ1v) is 11.7. The lowest BCUT2D eigenvalue weighted by molar-refractivity contribution is -0.132. The summed E-state index contributed by atoms with van der Waals surface area (Å²) in [6, 6.07) is 7.28. The van der Waals surface area contributed by atoms with Crippen LogP contribution in [0.3, 0.4) is 0 Å². The highest BCUT2D eigenvalue weighted by atomic mass is 32.1. The highest BCUT2D eigenvalue weighted by Gasteiger charge is 2.64. The highest BCUT2D eigenvalue weighted by Crippen LogP contribution is 2.46. The van der Waals surface area contributed by atoms with E-state index in [4.69, 9.17) is 21.8 Å². The van der Waals surface area contributed by atoms with E-state index in [1.807, 2.05) is 4.90 Å². The fourth-order valence-electron chi connectivity index (χ4n) is 4.39. The molecule has 36 heavy (non-hydrogen) atoms. The number of hydroxylamine groups is 2. The minimum atomic E-state index is -3.15. The second-order valence-electron chi connectivity index (χ2n) is 8.68. The Morgan fingerprint density at radius 1 is 1.19 bits per heavy atom. The predicted molar refractivity (Wildman–Crippen MR) is 126 cm³/mol. The molecule has 1 aromatic heterocycles. The van der Waals surface area contributed by atoms with E-state index >= 15 is 4.39 Å². The first-order valence-electron chi connectivity index (χ1n) is 11.3. The maximum atomic E-state index is 15.2. The van der Waals surface area contributed by atoms with Crippen molar-refractivity contribution in [1.29, 1.82) is 0 Å². The first kappa shape index (κ1) is 24.3. The molecular weight excluding hydrogens is 499 g/mol. The van der Waals surface area contributed by atoms with Crippen LogP contribution < -0.4 is 15.1 Å².